The molecule has 0 heterocycles. The molecule has 2 aromatic rings. The lowest BCUT2D eigenvalue weighted by Crippen LogP contribution is -2.25. The number of halogens is 4. The van der Waals surface area contributed by atoms with Crippen molar-refractivity contribution < 1.29 is 13.2 Å². The van der Waals surface area contributed by atoms with Crippen LogP contribution in [0.4, 0.5) is 13.2 Å². The van der Waals surface area contributed by atoms with Crippen molar-refractivity contribution in [3.8, 4) is 0 Å². The molecule has 0 saturated carbocycles. The fraction of sp³-hybridized carbons (Fsp3) is 0.250. The van der Waals surface area contributed by atoms with Crippen LogP contribution in [0.2, 0.25) is 0 Å². The lowest BCUT2D eigenvalue weighted by atomic mass is 9.94. The van der Waals surface area contributed by atoms with Crippen molar-refractivity contribution in [2.75, 3.05) is 6.54 Å². The van der Waals surface area contributed by atoms with Crippen LogP contribution >= 0.6 is 15.9 Å². The highest BCUT2D eigenvalue weighted by molar-refractivity contribution is 9.10. The molecule has 1 atom stereocenters. The van der Waals surface area contributed by atoms with Gasteiger partial charge in [-0.15, -0.1) is 0 Å². The molecule has 0 aromatic heterocycles. The minimum absolute atomic E-state index is 0.0604. The van der Waals surface area contributed by atoms with Crippen LogP contribution in [-0.4, -0.2) is 6.54 Å². The molecular formula is C16H15BrF3N. The molecule has 0 bridgehead atoms. The molecule has 0 radical (unpaired) electrons. The van der Waals surface area contributed by atoms with E-state index in [1.165, 1.54) is 24.3 Å². The maximum Gasteiger partial charge on any atom is 0.132 e. The first-order valence-corrected chi connectivity index (χ1v) is 7.37. The van der Waals surface area contributed by atoms with Crippen LogP contribution in [0.25, 0.3) is 0 Å². The Morgan fingerprint density at radius 3 is 2.24 bits per heavy atom. The SMILES string of the molecule is CCNC(c1ccc(F)cc1C)c1c(F)cc(Br)cc1F. The van der Waals surface area contributed by atoms with Gasteiger partial charge in [-0.25, -0.2) is 13.2 Å². The summed E-state index contributed by atoms with van der Waals surface area (Å²) in [4.78, 5) is 0. The van der Waals surface area contributed by atoms with Gasteiger partial charge in [-0.05, 0) is 48.9 Å². The Kier molecular flexibility index (Phi) is 5.06. The average molecular weight is 358 g/mol. The van der Waals surface area contributed by atoms with Crippen molar-refractivity contribution in [1.82, 2.24) is 5.32 Å². The van der Waals surface area contributed by atoms with Crippen LogP contribution in [0.15, 0.2) is 34.8 Å². The van der Waals surface area contributed by atoms with Gasteiger partial charge in [-0.2, -0.15) is 0 Å². The predicted molar refractivity (Wildman–Crippen MR) is 80.7 cm³/mol. The molecule has 0 aliphatic carbocycles. The van der Waals surface area contributed by atoms with Gasteiger partial charge in [0.25, 0.3) is 0 Å². The van der Waals surface area contributed by atoms with Crippen LogP contribution in [0, 0.1) is 24.4 Å². The van der Waals surface area contributed by atoms with Gasteiger partial charge in [0.15, 0.2) is 0 Å². The predicted octanol–water partition coefficient (Wildman–Crippen LogP) is 4.87. The molecule has 0 amide bonds. The summed E-state index contributed by atoms with van der Waals surface area (Å²) in [6, 6.07) is 5.99. The molecule has 1 N–H and O–H groups in total. The maximum atomic E-state index is 14.2. The molecule has 2 aromatic carbocycles. The van der Waals surface area contributed by atoms with Gasteiger partial charge in [-0.1, -0.05) is 28.9 Å². The van der Waals surface area contributed by atoms with Gasteiger partial charge < -0.3 is 5.32 Å². The third-order valence-electron chi connectivity index (χ3n) is 3.28. The molecule has 112 valence electrons. The number of hydrogen-bond acceptors (Lipinski definition) is 1. The normalized spacial score (nSPS) is 12.5. The van der Waals surface area contributed by atoms with Crippen molar-refractivity contribution in [1.29, 1.82) is 0 Å². The Morgan fingerprint density at radius 2 is 1.71 bits per heavy atom. The highest BCUT2D eigenvalue weighted by Gasteiger charge is 2.23. The fourth-order valence-electron chi connectivity index (χ4n) is 2.36. The summed E-state index contributed by atoms with van der Waals surface area (Å²) < 4.78 is 42.0. The van der Waals surface area contributed by atoms with Crippen molar-refractivity contribution in [2.45, 2.75) is 19.9 Å². The van der Waals surface area contributed by atoms with Crippen LogP contribution in [0.1, 0.15) is 29.7 Å². The van der Waals surface area contributed by atoms with Crippen LogP contribution in [0.5, 0.6) is 0 Å². The minimum Gasteiger partial charge on any atom is -0.306 e. The van der Waals surface area contributed by atoms with Gasteiger partial charge in [0.05, 0.1) is 6.04 Å². The van der Waals surface area contributed by atoms with E-state index in [0.29, 0.717) is 22.1 Å². The van der Waals surface area contributed by atoms with Crippen LogP contribution < -0.4 is 5.32 Å². The molecule has 21 heavy (non-hydrogen) atoms. The van der Waals surface area contributed by atoms with E-state index < -0.39 is 17.7 Å². The van der Waals surface area contributed by atoms with E-state index in [2.05, 4.69) is 21.2 Å². The minimum atomic E-state index is -0.663. The molecule has 2 rings (SSSR count). The molecule has 5 heteroatoms. The highest BCUT2D eigenvalue weighted by atomic mass is 79.9. The van der Waals surface area contributed by atoms with Crippen molar-refractivity contribution in [2.24, 2.45) is 0 Å². The molecular weight excluding hydrogens is 343 g/mol. The summed E-state index contributed by atoms with van der Waals surface area (Å²) in [5.74, 6) is -1.66. The zero-order valence-corrected chi connectivity index (χ0v) is 13.3. The third-order valence-corrected chi connectivity index (χ3v) is 3.74. The number of rotatable bonds is 4. The fourth-order valence-corrected chi connectivity index (χ4v) is 2.77. The van der Waals surface area contributed by atoms with Gasteiger partial charge in [0, 0.05) is 10.0 Å². The van der Waals surface area contributed by atoms with Crippen LogP contribution in [0.3, 0.4) is 0 Å². The summed E-state index contributed by atoms with van der Waals surface area (Å²) in [5.41, 5.74) is 1.23. The summed E-state index contributed by atoms with van der Waals surface area (Å²) in [6.07, 6.45) is 0. The third kappa shape index (κ3) is 3.47. The first-order chi connectivity index (χ1) is 9.93. The monoisotopic (exact) mass is 357 g/mol. The standard InChI is InChI=1S/C16H15BrF3N/c1-3-21-16(12-5-4-11(18)6-9(12)2)15-13(19)7-10(17)8-14(15)20/h4-8,16,21H,3H2,1-2H3. The summed E-state index contributed by atoms with van der Waals surface area (Å²) >= 11 is 3.07. The highest BCUT2D eigenvalue weighted by Crippen LogP contribution is 2.31. The maximum absolute atomic E-state index is 14.2. The van der Waals surface area contributed by atoms with Crippen LogP contribution in [-0.2, 0) is 0 Å². The molecule has 1 unspecified atom stereocenters. The molecule has 0 saturated heterocycles. The van der Waals surface area contributed by atoms with Crippen molar-refractivity contribution in [3.63, 3.8) is 0 Å². The van der Waals surface area contributed by atoms with E-state index >= 15 is 0 Å². The number of hydrogen-bond donors (Lipinski definition) is 1. The Labute approximate surface area is 130 Å². The topological polar surface area (TPSA) is 12.0 Å². The van der Waals surface area contributed by atoms with E-state index in [4.69, 9.17) is 0 Å². The molecule has 0 spiro atoms. The summed E-state index contributed by atoms with van der Waals surface area (Å²) in [7, 11) is 0. The molecule has 0 fully saturated rings. The first kappa shape index (κ1) is 16.0. The average Bonchev–Trinajstić information content (AvgIpc) is 2.37. The lowest BCUT2D eigenvalue weighted by Gasteiger charge is -2.22. The Bertz CT molecular complexity index is 635. The van der Waals surface area contributed by atoms with Crippen molar-refractivity contribution in [3.05, 3.63) is 68.9 Å². The molecule has 0 aliphatic rings. The summed E-state index contributed by atoms with van der Waals surface area (Å²) in [5, 5.41) is 3.06. The van der Waals surface area contributed by atoms with Gasteiger partial charge in [-0.3, -0.25) is 0 Å². The quantitative estimate of drug-likeness (QED) is 0.822. The zero-order chi connectivity index (χ0) is 15.6. The van der Waals surface area contributed by atoms with Gasteiger partial charge in [0.1, 0.15) is 17.5 Å². The van der Waals surface area contributed by atoms with E-state index in [1.807, 2.05) is 6.92 Å². The second kappa shape index (κ2) is 6.62. The van der Waals surface area contributed by atoms with E-state index in [-0.39, 0.29) is 11.4 Å². The molecule has 0 aliphatic heterocycles. The molecule has 1 nitrogen and oxygen atoms in total. The van der Waals surface area contributed by atoms with E-state index in [9.17, 15) is 13.2 Å². The zero-order valence-electron chi connectivity index (χ0n) is 11.7. The number of benzene rings is 2. The summed E-state index contributed by atoms with van der Waals surface area (Å²) in [6.45, 7) is 4.09. The Morgan fingerprint density at radius 1 is 1.10 bits per heavy atom. The smallest absolute Gasteiger partial charge is 0.132 e. The second-order valence-corrected chi connectivity index (χ2v) is 5.69. The number of aryl methyl sites for hydroxylation is 1. The Balaban J connectivity index is 2.59. The Hall–Kier alpha value is -1.33. The largest absolute Gasteiger partial charge is 0.306 e. The van der Waals surface area contributed by atoms with E-state index in [1.54, 1.807) is 13.0 Å². The van der Waals surface area contributed by atoms with E-state index in [0.717, 1.165) is 0 Å². The lowest BCUT2D eigenvalue weighted by molar-refractivity contribution is 0.508. The first-order valence-electron chi connectivity index (χ1n) is 6.58. The van der Waals surface area contributed by atoms with Gasteiger partial charge in [0.2, 0.25) is 0 Å². The van der Waals surface area contributed by atoms with Gasteiger partial charge >= 0.3 is 0 Å². The second-order valence-electron chi connectivity index (χ2n) is 4.77. The van der Waals surface area contributed by atoms with Crippen molar-refractivity contribution >= 4 is 15.9 Å². The number of nitrogens with one attached hydrogen (secondary N) is 1.